The maximum atomic E-state index is 9.37. The average Bonchev–Trinajstić information content (AvgIpc) is 2.74. The third-order valence-electron chi connectivity index (χ3n) is 3.14. The molecule has 1 aliphatic rings. The van der Waals surface area contributed by atoms with E-state index in [1.54, 1.807) is 0 Å². The Bertz CT molecular complexity index is 176. The Morgan fingerprint density at radius 2 is 2.00 bits per heavy atom. The second-order valence-electron chi connectivity index (χ2n) is 5.05. The zero-order valence-electron chi connectivity index (χ0n) is 9.26. The number of aliphatic hydroxyl groups excluding tert-OH is 1. The van der Waals surface area contributed by atoms with Crippen molar-refractivity contribution >= 4 is 8.07 Å². The fourth-order valence-corrected chi connectivity index (χ4v) is 4.02. The van der Waals surface area contributed by atoms with E-state index in [0.717, 1.165) is 6.42 Å². The highest BCUT2D eigenvalue weighted by Crippen LogP contribution is 2.46. The van der Waals surface area contributed by atoms with Gasteiger partial charge in [0.05, 0.1) is 20.8 Å². The molecule has 1 N–H and O–H groups in total. The number of hydrogen-bond acceptors (Lipinski definition) is 2. The maximum Gasteiger partial charge on any atom is 0.106 e. The molecule has 0 spiro atoms. The van der Waals surface area contributed by atoms with Gasteiger partial charge in [-0.25, -0.2) is 0 Å². The summed E-state index contributed by atoms with van der Waals surface area (Å²) >= 11 is 0. The molecule has 0 radical (unpaired) electrons. The second-order valence-corrected chi connectivity index (χ2v) is 10.4. The third kappa shape index (κ3) is 1.97. The van der Waals surface area contributed by atoms with Crippen LogP contribution >= 0.6 is 0 Å². The minimum absolute atomic E-state index is 0.109. The van der Waals surface area contributed by atoms with Crippen molar-refractivity contribution in [1.82, 2.24) is 0 Å². The Kier molecular flexibility index (Phi) is 3.20. The van der Waals surface area contributed by atoms with Crippen LogP contribution in [0.2, 0.25) is 19.6 Å². The predicted octanol–water partition coefficient (Wildman–Crippen LogP) is 2.18. The van der Waals surface area contributed by atoms with Gasteiger partial charge in [-0.3, -0.25) is 0 Å². The summed E-state index contributed by atoms with van der Waals surface area (Å²) in [5.41, 5.74) is 0. The van der Waals surface area contributed by atoms with Gasteiger partial charge in [0, 0.05) is 0 Å². The first kappa shape index (κ1) is 11.2. The molecule has 1 heterocycles. The Balaban J connectivity index is 2.49. The molecule has 2 atom stereocenters. The molecule has 1 rings (SSSR count). The zero-order chi connectivity index (χ0) is 10.1. The molecule has 0 aromatic rings. The van der Waals surface area contributed by atoms with Crippen LogP contribution in [0.15, 0.2) is 0 Å². The van der Waals surface area contributed by atoms with E-state index in [1.807, 2.05) is 0 Å². The molecule has 0 saturated carbocycles. The first-order valence-corrected chi connectivity index (χ1v) is 8.76. The molecular weight excluding hydrogens is 180 g/mol. The van der Waals surface area contributed by atoms with E-state index in [0.29, 0.717) is 6.10 Å². The van der Waals surface area contributed by atoms with E-state index in [1.165, 1.54) is 12.8 Å². The lowest BCUT2D eigenvalue weighted by atomic mass is 10.1. The fourth-order valence-electron chi connectivity index (χ4n) is 1.94. The summed E-state index contributed by atoms with van der Waals surface area (Å²) in [6.07, 6.45) is 3.91. The van der Waals surface area contributed by atoms with Crippen LogP contribution in [-0.4, -0.2) is 31.1 Å². The largest absolute Gasteiger partial charge is 0.394 e. The van der Waals surface area contributed by atoms with Gasteiger partial charge in [-0.15, -0.1) is 0 Å². The van der Waals surface area contributed by atoms with Crippen molar-refractivity contribution in [1.29, 1.82) is 0 Å². The van der Waals surface area contributed by atoms with E-state index >= 15 is 0 Å². The lowest BCUT2D eigenvalue weighted by molar-refractivity contribution is 0.214. The van der Waals surface area contributed by atoms with Crippen LogP contribution in [0.5, 0.6) is 0 Å². The number of ether oxygens (including phenoxy) is 1. The number of unbranched alkanes of at least 4 members (excludes halogenated alkanes) is 1. The highest BCUT2D eigenvalue weighted by Gasteiger charge is 2.63. The van der Waals surface area contributed by atoms with Crippen LogP contribution in [0, 0.1) is 0 Å². The normalized spacial score (nSPS) is 33.5. The van der Waals surface area contributed by atoms with Crippen LogP contribution in [0.25, 0.3) is 0 Å². The van der Waals surface area contributed by atoms with Crippen molar-refractivity contribution in [3.63, 3.8) is 0 Å². The molecule has 0 amide bonds. The lowest BCUT2D eigenvalue weighted by Crippen LogP contribution is -2.46. The number of hydrogen-bond donors (Lipinski definition) is 1. The number of epoxide rings is 1. The van der Waals surface area contributed by atoms with Gasteiger partial charge in [0.2, 0.25) is 0 Å². The van der Waals surface area contributed by atoms with Crippen LogP contribution in [0.4, 0.5) is 0 Å². The van der Waals surface area contributed by atoms with Gasteiger partial charge in [0.1, 0.15) is 5.22 Å². The van der Waals surface area contributed by atoms with E-state index < -0.39 is 8.07 Å². The van der Waals surface area contributed by atoms with E-state index in [4.69, 9.17) is 4.74 Å². The SMILES string of the molecule is CCCC[C@@H]1O[C@]1(CO)[Si](C)(C)C. The van der Waals surface area contributed by atoms with E-state index in [9.17, 15) is 5.11 Å². The molecule has 0 aliphatic carbocycles. The standard InChI is InChI=1S/C10H22O2Si/c1-5-6-7-9-10(8-11,12-9)13(2,3)4/h9,11H,5-8H2,1-4H3/t9-,10+/m0/s1. The predicted molar refractivity (Wildman–Crippen MR) is 57.6 cm³/mol. The van der Waals surface area contributed by atoms with Crippen molar-refractivity contribution in [2.24, 2.45) is 0 Å². The lowest BCUT2D eigenvalue weighted by Gasteiger charge is -2.24. The minimum Gasteiger partial charge on any atom is -0.394 e. The summed E-state index contributed by atoms with van der Waals surface area (Å²) in [6.45, 7) is 9.23. The Hall–Kier alpha value is 0.137. The first-order chi connectivity index (χ1) is 5.98. The quantitative estimate of drug-likeness (QED) is 0.547. The first-order valence-electron chi connectivity index (χ1n) is 5.26. The topological polar surface area (TPSA) is 32.8 Å². The number of rotatable bonds is 5. The summed E-state index contributed by atoms with van der Waals surface area (Å²) in [4.78, 5) is 0. The Morgan fingerprint density at radius 3 is 2.31 bits per heavy atom. The highest BCUT2D eigenvalue weighted by molar-refractivity contribution is 6.79. The molecule has 2 nitrogen and oxygen atoms in total. The van der Waals surface area contributed by atoms with Crippen LogP contribution in [-0.2, 0) is 4.74 Å². The second kappa shape index (κ2) is 3.71. The van der Waals surface area contributed by atoms with Crippen molar-refractivity contribution in [2.75, 3.05) is 6.61 Å². The average molecular weight is 202 g/mol. The van der Waals surface area contributed by atoms with E-state index in [2.05, 4.69) is 26.6 Å². The molecule has 0 bridgehead atoms. The summed E-state index contributed by atoms with van der Waals surface area (Å²) in [5.74, 6) is 0. The molecule has 3 heteroatoms. The molecule has 0 aromatic carbocycles. The molecule has 0 aromatic heterocycles. The molecule has 1 saturated heterocycles. The van der Waals surface area contributed by atoms with Crippen LogP contribution in [0.3, 0.4) is 0 Å². The molecule has 0 unspecified atom stereocenters. The highest BCUT2D eigenvalue weighted by atomic mass is 28.3. The molecular formula is C10H22O2Si. The molecule has 78 valence electrons. The summed E-state index contributed by atoms with van der Waals surface area (Å²) in [6, 6.07) is 0. The van der Waals surface area contributed by atoms with Crippen LogP contribution in [0.1, 0.15) is 26.2 Å². The third-order valence-corrected chi connectivity index (χ3v) is 6.28. The smallest absolute Gasteiger partial charge is 0.106 e. The van der Waals surface area contributed by atoms with Gasteiger partial charge >= 0.3 is 0 Å². The summed E-state index contributed by atoms with van der Waals surface area (Å²) < 4.78 is 5.73. The fraction of sp³-hybridized carbons (Fsp3) is 1.00. The van der Waals surface area contributed by atoms with Gasteiger partial charge in [-0.1, -0.05) is 39.4 Å². The van der Waals surface area contributed by atoms with Gasteiger partial charge in [-0.05, 0) is 6.42 Å². The van der Waals surface area contributed by atoms with Crippen LogP contribution < -0.4 is 0 Å². The van der Waals surface area contributed by atoms with E-state index in [-0.39, 0.29) is 11.8 Å². The minimum atomic E-state index is -1.36. The zero-order valence-corrected chi connectivity index (χ0v) is 10.3. The summed E-state index contributed by atoms with van der Waals surface area (Å²) in [5, 5.41) is 9.26. The summed E-state index contributed by atoms with van der Waals surface area (Å²) in [7, 11) is -1.36. The monoisotopic (exact) mass is 202 g/mol. The molecule has 13 heavy (non-hydrogen) atoms. The Labute approximate surface area is 82.3 Å². The van der Waals surface area contributed by atoms with Crippen molar-refractivity contribution in [3.05, 3.63) is 0 Å². The molecule has 1 aliphatic heterocycles. The van der Waals surface area contributed by atoms with Gasteiger partial charge in [0.25, 0.3) is 0 Å². The van der Waals surface area contributed by atoms with Gasteiger partial charge < -0.3 is 9.84 Å². The Morgan fingerprint density at radius 1 is 1.38 bits per heavy atom. The molecule has 1 fully saturated rings. The van der Waals surface area contributed by atoms with Gasteiger partial charge in [0.15, 0.2) is 0 Å². The van der Waals surface area contributed by atoms with Crippen molar-refractivity contribution < 1.29 is 9.84 Å². The number of aliphatic hydroxyl groups is 1. The van der Waals surface area contributed by atoms with Crippen molar-refractivity contribution in [2.45, 2.75) is 57.2 Å². The maximum absolute atomic E-state index is 9.37. The van der Waals surface area contributed by atoms with Gasteiger partial charge in [-0.2, -0.15) is 0 Å². The van der Waals surface area contributed by atoms with Crippen molar-refractivity contribution in [3.8, 4) is 0 Å².